The minimum Gasteiger partial charge on any atom is -0.356 e. The van der Waals surface area contributed by atoms with Gasteiger partial charge in [-0.05, 0) is 115 Å². The number of amides is 1. The SMILES string of the molecule is C=C(/C=C/CC(C)C)Nc1ccc(C(=O)Nc2cccc(Nc3nc(NC4CCC(N(C)C)CC4)nc4c3ncn4C(C)C)c2)cc1. The minimum atomic E-state index is -0.195. The van der Waals surface area contributed by atoms with Crippen molar-refractivity contribution in [2.75, 3.05) is 35.4 Å². The zero-order valence-corrected chi connectivity index (χ0v) is 28.5. The number of nitrogens with zero attached hydrogens (tertiary/aromatic N) is 5. The lowest BCUT2D eigenvalue weighted by molar-refractivity contribution is 0.102. The lowest BCUT2D eigenvalue weighted by Gasteiger charge is -2.33. The molecule has 0 saturated heterocycles. The summed E-state index contributed by atoms with van der Waals surface area (Å²) in [6.45, 7) is 12.7. The zero-order chi connectivity index (χ0) is 33.5. The first kappa shape index (κ1) is 33.7. The van der Waals surface area contributed by atoms with Gasteiger partial charge in [0.15, 0.2) is 17.0 Å². The van der Waals surface area contributed by atoms with Crippen molar-refractivity contribution < 1.29 is 4.79 Å². The molecule has 1 aliphatic carbocycles. The first-order chi connectivity index (χ1) is 22.5. The van der Waals surface area contributed by atoms with E-state index in [1.807, 2.05) is 48.8 Å². The summed E-state index contributed by atoms with van der Waals surface area (Å²) in [6, 6.07) is 16.1. The summed E-state index contributed by atoms with van der Waals surface area (Å²) in [5.41, 5.74) is 5.16. The number of carbonyl (C=O) groups excluding carboxylic acids is 1. The largest absolute Gasteiger partial charge is 0.356 e. The van der Waals surface area contributed by atoms with Gasteiger partial charge in [0.25, 0.3) is 5.91 Å². The van der Waals surface area contributed by atoms with Crippen LogP contribution in [0, 0.1) is 5.92 Å². The molecule has 2 aromatic carbocycles. The van der Waals surface area contributed by atoms with Crippen LogP contribution in [0.15, 0.2) is 79.3 Å². The van der Waals surface area contributed by atoms with Gasteiger partial charge in [0.1, 0.15) is 0 Å². The van der Waals surface area contributed by atoms with Crippen molar-refractivity contribution in [1.82, 2.24) is 24.4 Å². The van der Waals surface area contributed by atoms with Crippen molar-refractivity contribution in [1.29, 1.82) is 0 Å². The molecular formula is C37H49N9O. The maximum absolute atomic E-state index is 13.1. The van der Waals surface area contributed by atoms with Gasteiger partial charge in [-0.25, -0.2) is 4.98 Å². The third kappa shape index (κ3) is 8.98. The summed E-state index contributed by atoms with van der Waals surface area (Å²) in [4.78, 5) is 29.9. The lowest BCUT2D eigenvalue weighted by atomic mass is 9.91. The van der Waals surface area contributed by atoms with Crippen LogP contribution >= 0.6 is 0 Å². The van der Waals surface area contributed by atoms with Gasteiger partial charge in [-0.2, -0.15) is 9.97 Å². The van der Waals surface area contributed by atoms with E-state index in [0.717, 1.165) is 54.8 Å². The van der Waals surface area contributed by atoms with Gasteiger partial charge in [-0.1, -0.05) is 32.6 Å². The fraction of sp³-hybridized carbons (Fsp3) is 0.405. The molecule has 10 nitrogen and oxygen atoms in total. The number of aromatic nitrogens is 4. The van der Waals surface area contributed by atoms with E-state index >= 15 is 0 Å². The molecule has 2 heterocycles. The number of rotatable bonds is 13. The Morgan fingerprint density at radius 1 is 0.979 bits per heavy atom. The molecule has 4 aromatic rings. The average molecular weight is 636 g/mol. The molecule has 2 aromatic heterocycles. The Hall–Kier alpha value is -4.70. The van der Waals surface area contributed by atoms with Gasteiger partial charge in [-0.15, -0.1) is 0 Å². The number of imidazole rings is 1. The number of hydrogen-bond acceptors (Lipinski definition) is 8. The lowest BCUT2D eigenvalue weighted by Crippen LogP contribution is -2.36. The number of nitrogens with one attached hydrogen (secondary N) is 4. The molecule has 0 atom stereocenters. The zero-order valence-electron chi connectivity index (χ0n) is 28.5. The van der Waals surface area contributed by atoms with Crippen LogP contribution in [0.5, 0.6) is 0 Å². The first-order valence-corrected chi connectivity index (χ1v) is 16.6. The van der Waals surface area contributed by atoms with Crippen molar-refractivity contribution in [3.8, 4) is 0 Å². The van der Waals surface area contributed by atoms with Crippen LogP contribution in [0.3, 0.4) is 0 Å². The second kappa shape index (κ2) is 15.3. The van der Waals surface area contributed by atoms with E-state index in [1.165, 1.54) is 0 Å². The predicted molar refractivity (Wildman–Crippen MR) is 195 cm³/mol. The van der Waals surface area contributed by atoms with Gasteiger partial charge in [0, 0.05) is 46.4 Å². The van der Waals surface area contributed by atoms with Crippen molar-refractivity contribution in [3.05, 3.63) is 84.8 Å². The molecule has 10 heteroatoms. The highest BCUT2D eigenvalue weighted by Crippen LogP contribution is 2.29. The Kier molecular flexibility index (Phi) is 10.9. The molecule has 248 valence electrons. The fourth-order valence-corrected chi connectivity index (χ4v) is 5.79. The summed E-state index contributed by atoms with van der Waals surface area (Å²) in [6.07, 6.45) is 11.4. The molecule has 1 aliphatic rings. The number of anilines is 5. The van der Waals surface area contributed by atoms with Gasteiger partial charge >= 0.3 is 0 Å². The first-order valence-electron chi connectivity index (χ1n) is 16.6. The van der Waals surface area contributed by atoms with Crippen molar-refractivity contribution in [3.63, 3.8) is 0 Å². The summed E-state index contributed by atoms with van der Waals surface area (Å²) >= 11 is 0. The topological polar surface area (TPSA) is 112 Å². The van der Waals surface area contributed by atoms with Crippen LogP contribution in [0.25, 0.3) is 11.2 Å². The monoisotopic (exact) mass is 635 g/mol. The van der Waals surface area contributed by atoms with Crippen LogP contribution < -0.4 is 21.3 Å². The highest BCUT2D eigenvalue weighted by Gasteiger charge is 2.24. The second-order valence-electron chi connectivity index (χ2n) is 13.3. The van der Waals surface area contributed by atoms with E-state index in [9.17, 15) is 4.79 Å². The van der Waals surface area contributed by atoms with E-state index in [1.54, 1.807) is 12.1 Å². The Morgan fingerprint density at radius 2 is 1.70 bits per heavy atom. The van der Waals surface area contributed by atoms with Crippen molar-refractivity contribution in [2.24, 2.45) is 5.92 Å². The molecule has 47 heavy (non-hydrogen) atoms. The van der Waals surface area contributed by atoms with Gasteiger partial charge in [0.2, 0.25) is 5.95 Å². The smallest absolute Gasteiger partial charge is 0.255 e. The van der Waals surface area contributed by atoms with E-state index in [0.29, 0.717) is 46.5 Å². The summed E-state index contributed by atoms with van der Waals surface area (Å²) < 4.78 is 2.06. The van der Waals surface area contributed by atoms with E-state index < -0.39 is 0 Å². The molecule has 1 fully saturated rings. The predicted octanol–water partition coefficient (Wildman–Crippen LogP) is 8.22. The Balaban J connectivity index is 1.28. The Bertz CT molecular complexity index is 1700. The third-order valence-electron chi connectivity index (χ3n) is 8.50. The maximum Gasteiger partial charge on any atom is 0.255 e. The van der Waals surface area contributed by atoms with Gasteiger partial charge < -0.3 is 30.7 Å². The van der Waals surface area contributed by atoms with Crippen LogP contribution in [0.4, 0.5) is 28.8 Å². The highest BCUT2D eigenvalue weighted by molar-refractivity contribution is 6.04. The number of carbonyl (C=O) groups is 1. The fourth-order valence-electron chi connectivity index (χ4n) is 5.79. The number of allylic oxidation sites excluding steroid dienone is 2. The molecule has 4 N–H and O–H groups in total. The Labute approximate surface area is 278 Å². The van der Waals surface area contributed by atoms with Crippen LogP contribution in [-0.2, 0) is 0 Å². The number of fused-ring (bicyclic) bond motifs is 1. The third-order valence-corrected chi connectivity index (χ3v) is 8.50. The Morgan fingerprint density at radius 3 is 2.38 bits per heavy atom. The van der Waals surface area contributed by atoms with Crippen LogP contribution in [-0.4, -0.2) is 56.5 Å². The standard InChI is InChI=1S/C37H49N9O/c1-24(2)10-8-11-26(5)39-28-16-14-27(15-17-28)36(47)41-31-13-9-12-30(22-31)40-34-33-35(46(23-38-33)25(3)4)44-37(43-34)42-29-18-20-32(21-19-29)45(6)7/h8-9,11-17,22-25,29,32,39H,5,10,18-21H2,1-4,6-7H3,(H,41,47)(H2,40,42,43,44)/b11-8+. The molecule has 0 aliphatic heterocycles. The van der Waals surface area contributed by atoms with E-state index in [-0.39, 0.29) is 11.9 Å². The van der Waals surface area contributed by atoms with E-state index in [2.05, 4.69) is 90.2 Å². The molecule has 0 radical (unpaired) electrons. The molecule has 0 unspecified atom stereocenters. The second-order valence-corrected chi connectivity index (χ2v) is 13.3. The minimum absolute atomic E-state index is 0.194. The summed E-state index contributed by atoms with van der Waals surface area (Å²) in [5, 5.41) is 13.3. The highest BCUT2D eigenvalue weighted by atomic mass is 16.1. The summed E-state index contributed by atoms with van der Waals surface area (Å²) in [5.74, 6) is 1.61. The average Bonchev–Trinajstić information content (AvgIpc) is 3.46. The van der Waals surface area contributed by atoms with Gasteiger partial charge in [0.05, 0.1) is 6.33 Å². The molecular weight excluding hydrogens is 586 g/mol. The van der Waals surface area contributed by atoms with Crippen LogP contribution in [0.2, 0.25) is 0 Å². The maximum atomic E-state index is 13.1. The van der Waals surface area contributed by atoms with Crippen molar-refractivity contribution >= 4 is 45.9 Å². The quantitative estimate of drug-likeness (QED) is 0.109. The number of benzene rings is 2. The van der Waals surface area contributed by atoms with Crippen molar-refractivity contribution in [2.45, 2.75) is 77.9 Å². The molecule has 1 saturated carbocycles. The molecule has 5 rings (SSSR count). The normalized spacial score (nSPS) is 16.7. The number of hydrogen-bond donors (Lipinski definition) is 4. The van der Waals surface area contributed by atoms with E-state index in [4.69, 9.17) is 9.97 Å². The summed E-state index contributed by atoms with van der Waals surface area (Å²) in [7, 11) is 4.31. The molecule has 0 bridgehead atoms. The molecule has 1 amide bonds. The molecule has 0 spiro atoms. The van der Waals surface area contributed by atoms with Crippen LogP contribution in [0.1, 0.15) is 76.2 Å². The van der Waals surface area contributed by atoms with Gasteiger partial charge in [-0.3, -0.25) is 4.79 Å².